The summed E-state index contributed by atoms with van der Waals surface area (Å²) in [6, 6.07) is 18.0. The van der Waals surface area contributed by atoms with E-state index in [0.29, 0.717) is 27.4 Å². The van der Waals surface area contributed by atoms with E-state index in [-0.39, 0.29) is 11.4 Å². The van der Waals surface area contributed by atoms with Crippen molar-refractivity contribution >= 4 is 51.6 Å². The van der Waals surface area contributed by atoms with Gasteiger partial charge in [0.15, 0.2) is 0 Å². The van der Waals surface area contributed by atoms with Crippen LogP contribution in [0.5, 0.6) is 5.75 Å². The Kier molecular flexibility index (Phi) is 6.46. The summed E-state index contributed by atoms with van der Waals surface area (Å²) in [5.74, 6) is -2.41. The summed E-state index contributed by atoms with van der Waals surface area (Å²) in [6.07, 6.45) is 0. The van der Waals surface area contributed by atoms with Crippen molar-refractivity contribution in [1.29, 1.82) is 0 Å². The van der Waals surface area contributed by atoms with E-state index >= 15 is 0 Å². The lowest BCUT2D eigenvalue weighted by Crippen LogP contribution is -2.36. The fraction of sp³-hybridized carbons (Fsp3) is 0.0417. The third kappa shape index (κ3) is 5.00. The molecule has 0 bridgehead atoms. The maximum atomic E-state index is 13.1. The largest absolute Gasteiger partial charge is 0.497 e. The number of aromatic nitrogens is 1. The highest BCUT2D eigenvalue weighted by Gasteiger charge is 2.21. The Morgan fingerprint density at radius 3 is 2.18 bits per heavy atom. The lowest BCUT2D eigenvalue weighted by molar-refractivity contribution is -0.133. The normalized spacial score (nSPS) is 10.6. The molecule has 172 valence electrons. The SMILES string of the molecule is COc1ccc(NC(=O)c2cc3cc(Cl)ccc3n2NC(=O)C(=O)Nc2ccc(F)cc2)cc1. The molecular formula is C24H18ClFN4O4. The van der Waals surface area contributed by atoms with Gasteiger partial charge in [0, 0.05) is 21.8 Å². The number of nitrogens with zero attached hydrogens (tertiary/aromatic N) is 1. The quantitative estimate of drug-likeness (QED) is 0.368. The topological polar surface area (TPSA) is 101 Å². The molecule has 0 aliphatic heterocycles. The zero-order valence-corrected chi connectivity index (χ0v) is 18.5. The van der Waals surface area contributed by atoms with Crippen molar-refractivity contribution in [2.24, 2.45) is 0 Å². The number of anilines is 2. The van der Waals surface area contributed by atoms with Crippen LogP contribution in [0, 0.1) is 5.82 Å². The van der Waals surface area contributed by atoms with E-state index in [9.17, 15) is 18.8 Å². The number of hydrogen-bond acceptors (Lipinski definition) is 4. The van der Waals surface area contributed by atoms with Gasteiger partial charge in [0.1, 0.15) is 17.3 Å². The second-order valence-electron chi connectivity index (χ2n) is 7.15. The maximum absolute atomic E-state index is 13.1. The molecule has 4 rings (SSSR count). The first-order chi connectivity index (χ1) is 16.3. The number of carbonyl (C=O) groups excluding carboxylic acids is 3. The highest BCUT2D eigenvalue weighted by molar-refractivity contribution is 6.42. The van der Waals surface area contributed by atoms with Gasteiger partial charge in [-0.2, -0.15) is 0 Å². The lowest BCUT2D eigenvalue weighted by Gasteiger charge is -2.13. The first-order valence-electron chi connectivity index (χ1n) is 9.98. The number of amides is 3. The van der Waals surface area contributed by atoms with Gasteiger partial charge >= 0.3 is 11.8 Å². The molecule has 4 aromatic rings. The summed E-state index contributed by atoms with van der Waals surface area (Å²) in [5.41, 5.74) is 3.69. The molecule has 0 aliphatic carbocycles. The number of nitrogens with one attached hydrogen (secondary N) is 3. The molecule has 1 heterocycles. The summed E-state index contributed by atoms with van der Waals surface area (Å²) < 4.78 is 19.4. The molecule has 3 aromatic carbocycles. The number of carbonyl (C=O) groups is 3. The summed E-state index contributed by atoms with van der Waals surface area (Å²) in [4.78, 5) is 38.0. The van der Waals surface area contributed by atoms with Crippen molar-refractivity contribution in [3.63, 3.8) is 0 Å². The summed E-state index contributed by atoms with van der Waals surface area (Å²) in [7, 11) is 1.53. The highest BCUT2D eigenvalue weighted by atomic mass is 35.5. The standard InChI is InChI=1S/C24H18ClFN4O4/c1-34-19-9-7-18(8-10-19)27-22(31)21-13-14-12-15(25)2-11-20(14)30(21)29-24(33)23(32)28-17-5-3-16(26)4-6-17/h2-13H,1H3,(H,27,31)(H,28,32)(H,29,33). The number of hydrogen-bond donors (Lipinski definition) is 3. The van der Waals surface area contributed by atoms with Gasteiger partial charge in [0.25, 0.3) is 5.91 Å². The minimum atomic E-state index is -1.03. The van der Waals surface area contributed by atoms with Crippen LogP contribution >= 0.6 is 11.6 Å². The van der Waals surface area contributed by atoms with E-state index in [1.165, 1.54) is 30.0 Å². The molecule has 0 saturated carbocycles. The van der Waals surface area contributed by atoms with Crippen LogP contribution < -0.4 is 20.8 Å². The summed E-state index contributed by atoms with van der Waals surface area (Å²) in [6.45, 7) is 0. The number of halogens is 2. The molecule has 0 saturated heterocycles. The zero-order chi connectivity index (χ0) is 24.2. The van der Waals surface area contributed by atoms with E-state index < -0.39 is 23.5 Å². The zero-order valence-electron chi connectivity index (χ0n) is 17.8. The molecule has 0 atom stereocenters. The molecule has 34 heavy (non-hydrogen) atoms. The molecule has 8 nitrogen and oxygen atoms in total. The maximum Gasteiger partial charge on any atom is 0.328 e. The Morgan fingerprint density at radius 1 is 0.853 bits per heavy atom. The van der Waals surface area contributed by atoms with Crippen molar-refractivity contribution in [2.75, 3.05) is 23.2 Å². The van der Waals surface area contributed by atoms with E-state index in [1.54, 1.807) is 42.5 Å². The number of benzene rings is 3. The second-order valence-corrected chi connectivity index (χ2v) is 7.59. The van der Waals surface area contributed by atoms with Crippen LogP contribution in [0.2, 0.25) is 5.02 Å². The third-order valence-corrected chi connectivity index (χ3v) is 5.10. The molecule has 0 radical (unpaired) electrons. The minimum Gasteiger partial charge on any atom is -0.497 e. The molecule has 0 aliphatic rings. The fourth-order valence-electron chi connectivity index (χ4n) is 3.22. The smallest absolute Gasteiger partial charge is 0.328 e. The van der Waals surface area contributed by atoms with Gasteiger partial charge in [-0.05, 0) is 72.8 Å². The molecule has 0 spiro atoms. The van der Waals surface area contributed by atoms with Crippen molar-refractivity contribution in [3.8, 4) is 5.75 Å². The van der Waals surface area contributed by atoms with Gasteiger partial charge in [-0.1, -0.05) is 11.6 Å². The van der Waals surface area contributed by atoms with Crippen LogP contribution in [-0.2, 0) is 9.59 Å². The fourth-order valence-corrected chi connectivity index (χ4v) is 3.40. The average molecular weight is 481 g/mol. The Labute approximate surface area is 198 Å². The van der Waals surface area contributed by atoms with E-state index in [0.717, 1.165) is 12.1 Å². The molecule has 3 amide bonds. The van der Waals surface area contributed by atoms with E-state index in [2.05, 4.69) is 16.1 Å². The third-order valence-electron chi connectivity index (χ3n) is 4.87. The van der Waals surface area contributed by atoms with Crippen molar-refractivity contribution < 1.29 is 23.5 Å². The minimum absolute atomic E-state index is 0.0658. The predicted octanol–water partition coefficient (Wildman–Crippen LogP) is 4.40. The number of methoxy groups -OCH3 is 1. The van der Waals surface area contributed by atoms with Crippen LogP contribution in [0.3, 0.4) is 0 Å². The van der Waals surface area contributed by atoms with Gasteiger partial charge in [-0.15, -0.1) is 0 Å². The second kappa shape index (κ2) is 9.63. The Balaban J connectivity index is 1.60. The predicted molar refractivity (Wildman–Crippen MR) is 127 cm³/mol. The Hall–Kier alpha value is -4.37. The monoisotopic (exact) mass is 480 g/mol. The van der Waals surface area contributed by atoms with Gasteiger partial charge in [0.2, 0.25) is 0 Å². The Morgan fingerprint density at radius 2 is 1.50 bits per heavy atom. The first kappa shape index (κ1) is 22.8. The van der Waals surface area contributed by atoms with Gasteiger partial charge in [0.05, 0.1) is 12.6 Å². The first-order valence-corrected chi connectivity index (χ1v) is 10.4. The van der Waals surface area contributed by atoms with E-state index in [4.69, 9.17) is 16.3 Å². The van der Waals surface area contributed by atoms with Crippen LogP contribution in [0.1, 0.15) is 10.5 Å². The van der Waals surface area contributed by atoms with Crippen LogP contribution in [0.25, 0.3) is 10.9 Å². The number of fused-ring (bicyclic) bond motifs is 1. The molecule has 0 unspecified atom stereocenters. The Bertz CT molecular complexity index is 1380. The average Bonchev–Trinajstić information content (AvgIpc) is 3.18. The number of ether oxygens (including phenoxy) is 1. The molecule has 0 fully saturated rings. The number of rotatable bonds is 5. The van der Waals surface area contributed by atoms with Crippen molar-refractivity contribution in [3.05, 3.63) is 89.3 Å². The van der Waals surface area contributed by atoms with E-state index in [1.807, 2.05) is 0 Å². The lowest BCUT2D eigenvalue weighted by atomic mass is 10.2. The van der Waals surface area contributed by atoms with Gasteiger partial charge < -0.3 is 15.4 Å². The van der Waals surface area contributed by atoms with Gasteiger partial charge in [-0.3, -0.25) is 19.8 Å². The van der Waals surface area contributed by atoms with Crippen LogP contribution in [0.4, 0.5) is 15.8 Å². The summed E-state index contributed by atoms with van der Waals surface area (Å²) in [5, 5.41) is 6.12. The van der Waals surface area contributed by atoms with Crippen molar-refractivity contribution in [2.45, 2.75) is 0 Å². The van der Waals surface area contributed by atoms with Crippen molar-refractivity contribution in [1.82, 2.24) is 4.68 Å². The van der Waals surface area contributed by atoms with Crippen LogP contribution in [-0.4, -0.2) is 29.5 Å². The molecule has 3 N–H and O–H groups in total. The molecule has 1 aromatic heterocycles. The molecule has 10 heteroatoms. The highest BCUT2D eigenvalue weighted by Crippen LogP contribution is 2.24. The molecular weight excluding hydrogens is 463 g/mol. The van der Waals surface area contributed by atoms with Gasteiger partial charge in [-0.25, -0.2) is 9.07 Å². The summed E-state index contributed by atoms with van der Waals surface area (Å²) >= 11 is 6.08. The van der Waals surface area contributed by atoms with Crippen LogP contribution in [0.15, 0.2) is 72.8 Å².